The molecule has 0 bridgehead atoms. The second-order valence-electron chi connectivity index (χ2n) is 7.31. The number of aromatic amines is 1. The number of aryl methyl sites for hydroxylation is 1. The summed E-state index contributed by atoms with van der Waals surface area (Å²) in [4.78, 5) is 18.2. The SMILES string of the molecule is Cc1cc(O)ccc1N(N)/C=C(\N)c1cccc2c(=O)cc(N3CCOCC3)[nH]c12. The third-order valence-corrected chi connectivity index (χ3v) is 5.25. The zero-order valence-electron chi connectivity index (χ0n) is 16.8. The largest absolute Gasteiger partial charge is 0.508 e. The van der Waals surface area contributed by atoms with Crippen LogP contribution in [0.4, 0.5) is 11.5 Å². The van der Waals surface area contributed by atoms with Crippen molar-refractivity contribution in [3.05, 3.63) is 70.0 Å². The predicted molar refractivity (Wildman–Crippen MR) is 119 cm³/mol. The number of nitrogens with zero attached hydrogens (tertiary/aromatic N) is 2. The lowest BCUT2D eigenvalue weighted by Crippen LogP contribution is -2.37. The van der Waals surface area contributed by atoms with E-state index in [0.29, 0.717) is 54.2 Å². The highest BCUT2D eigenvalue weighted by atomic mass is 16.5. The summed E-state index contributed by atoms with van der Waals surface area (Å²) in [7, 11) is 0. The number of morpholine rings is 1. The van der Waals surface area contributed by atoms with Crippen molar-refractivity contribution in [2.24, 2.45) is 11.6 Å². The molecule has 2 heterocycles. The van der Waals surface area contributed by atoms with Gasteiger partial charge in [-0.15, -0.1) is 0 Å². The number of hydrogen-bond acceptors (Lipinski definition) is 7. The number of phenols is 1. The van der Waals surface area contributed by atoms with Gasteiger partial charge in [0.05, 0.1) is 30.1 Å². The van der Waals surface area contributed by atoms with Gasteiger partial charge in [-0.05, 0) is 36.8 Å². The molecule has 0 saturated carbocycles. The van der Waals surface area contributed by atoms with Crippen molar-refractivity contribution in [1.82, 2.24) is 4.98 Å². The highest BCUT2D eigenvalue weighted by Crippen LogP contribution is 2.25. The van der Waals surface area contributed by atoms with Crippen molar-refractivity contribution in [3.8, 4) is 5.75 Å². The van der Waals surface area contributed by atoms with Crippen molar-refractivity contribution >= 4 is 28.1 Å². The first-order valence-corrected chi connectivity index (χ1v) is 9.74. The van der Waals surface area contributed by atoms with Gasteiger partial charge in [0.25, 0.3) is 0 Å². The van der Waals surface area contributed by atoms with Gasteiger partial charge in [-0.2, -0.15) is 0 Å². The van der Waals surface area contributed by atoms with Crippen LogP contribution in [0.5, 0.6) is 5.75 Å². The first-order chi connectivity index (χ1) is 14.4. The molecular formula is C22H25N5O3. The maximum Gasteiger partial charge on any atom is 0.191 e. The summed E-state index contributed by atoms with van der Waals surface area (Å²) in [5.41, 5.74) is 9.59. The summed E-state index contributed by atoms with van der Waals surface area (Å²) in [5.74, 6) is 7.12. The quantitative estimate of drug-likeness (QED) is 0.386. The fourth-order valence-corrected chi connectivity index (χ4v) is 3.69. The van der Waals surface area contributed by atoms with Gasteiger partial charge < -0.3 is 25.5 Å². The molecule has 6 N–H and O–H groups in total. The van der Waals surface area contributed by atoms with E-state index in [0.717, 1.165) is 11.4 Å². The number of anilines is 2. The Labute approximate surface area is 173 Å². The van der Waals surface area contributed by atoms with Gasteiger partial charge in [0.1, 0.15) is 11.6 Å². The monoisotopic (exact) mass is 407 g/mol. The van der Waals surface area contributed by atoms with Crippen LogP contribution in [0.2, 0.25) is 0 Å². The Balaban J connectivity index is 1.76. The first kappa shape index (κ1) is 19.8. The zero-order valence-corrected chi connectivity index (χ0v) is 16.8. The van der Waals surface area contributed by atoms with E-state index in [1.165, 1.54) is 5.01 Å². The number of rotatable bonds is 4. The highest BCUT2D eigenvalue weighted by Gasteiger charge is 2.15. The second-order valence-corrected chi connectivity index (χ2v) is 7.31. The summed E-state index contributed by atoms with van der Waals surface area (Å²) in [6.45, 7) is 4.52. The number of aromatic hydroxyl groups is 1. The zero-order chi connectivity index (χ0) is 21.3. The highest BCUT2D eigenvalue weighted by molar-refractivity contribution is 5.91. The van der Waals surface area contributed by atoms with E-state index in [4.69, 9.17) is 16.3 Å². The summed E-state index contributed by atoms with van der Waals surface area (Å²) < 4.78 is 5.41. The third kappa shape index (κ3) is 3.83. The number of benzene rings is 2. The molecule has 1 saturated heterocycles. The van der Waals surface area contributed by atoms with Gasteiger partial charge in [0, 0.05) is 36.3 Å². The van der Waals surface area contributed by atoms with Gasteiger partial charge in [-0.25, -0.2) is 5.84 Å². The molecule has 1 fully saturated rings. The molecule has 0 amide bonds. The van der Waals surface area contributed by atoms with E-state index < -0.39 is 0 Å². The molecule has 8 nitrogen and oxygen atoms in total. The smallest absolute Gasteiger partial charge is 0.191 e. The van der Waals surface area contributed by atoms with Crippen LogP contribution in [0.15, 0.2) is 53.5 Å². The van der Waals surface area contributed by atoms with Crippen LogP contribution in [0.25, 0.3) is 16.6 Å². The molecule has 0 radical (unpaired) electrons. The van der Waals surface area contributed by atoms with E-state index in [1.54, 1.807) is 42.6 Å². The Hall–Kier alpha value is -3.49. The minimum absolute atomic E-state index is 0.0705. The van der Waals surface area contributed by atoms with Crippen LogP contribution in [0.1, 0.15) is 11.1 Å². The molecule has 0 spiro atoms. The lowest BCUT2D eigenvalue weighted by atomic mass is 10.1. The molecule has 156 valence electrons. The number of nitrogens with one attached hydrogen (secondary N) is 1. The van der Waals surface area contributed by atoms with Gasteiger partial charge >= 0.3 is 0 Å². The molecule has 0 unspecified atom stereocenters. The molecule has 1 aliphatic rings. The number of fused-ring (bicyclic) bond motifs is 1. The van der Waals surface area contributed by atoms with Crippen LogP contribution < -0.4 is 26.9 Å². The Morgan fingerprint density at radius 3 is 2.73 bits per heavy atom. The van der Waals surface area contributed by atoms with E-state index in [-0.39, 0.29) is 11.2 Å². The average Bonchev–Trinajstić information content (AvgIpc) is 2.73. The summed E-state index contributed by atoms with van der Waals surface area (Å²) in [5, 5.41) is 11.6. The van der Waals surface area contributed by atoms with E-state index in [9.17, 15) is 9.90 Å². The molecule has 30 heavy (non-hydrogen) atoms. The molecule has 1 aliphatic heterocycles. The Morgan fingerprint density at radius 1 is 1.23 bits per heavy atom. The molecular weight excluding hydrogens is 382 g/mol. The fourth-order valence-electron chi connectivity index (χ4n) is 3.69. The number of hydrazine groups is 1. The molecule has 2 aromatic carbocycles. The number of ether oxygens (including phenoxy) is 1. The van der Waals surface area contributed by atoms with Crippen LogP contribution in [0.3, 0.4) is 0 Å². The molecule has 8 heteroatoms. The average molecular weight is 407 g/mol. The normalized spacial score (nSPS) is 14.9. The number of pyridine rings is 1. The van der Waals surface area contributed by atoms with E-state index in [2.05, 4.69) is 9.88 Å². The number of phenolic OH excluding ortho intramolecular Hbond substituents is 1. The Bertz CT molecular complexity index is 1170. The number of nitrogens with two attached hydrogens (primary N) is 2. The molecule has 4 rings (SSSR count). The third-order valence-electron chi connectivity index (χ3n) is 5.25. The lowest BCUT2D eigenvalue weighted by Gasteiger charge is -2.28. The minimum Gasteiger partial charge on any atom is -0.508 e. The van der Waals surface area contributed by atoms with Crippen molar-refractivity contribution in [2.75, 3.05) is 36.2 Å². The van der Waals surface area contributed by atoms with Crippen molar-refractivity contribution in [3.63, 3.8) is 0 Å². The maximum atomic E-state index is 12.7. The second kappa shape index (κ2) is 8.10. The first-order valence-electron chi connectivity index (χ1n) is 9.74. The van der Waals surface area contributed by atoms with Crippen LogP contribution >= 0.6 is 0 Å². The van der Waals surface area contributed by atoms with Gasteiger partial charge in [-0.1, -0.05) is 12.1 Å². The summed E-state index contributed by atoms with van der Waals surface area (Å²) >= 11 is 0. The van der Waals surface area contributed by atoms with Crippen LogP contribution in [-0.2, 0) is 4.74 Å². The number of aromatic nitrogens is 1. The molecule has 0 aliphatic carbocycles. The lowest BCUT2D eigenvalue weighted by molar-refractivity contribution is 0.122. The fraction of sp³-hybridized carbons (Fsp3) is 0.227. The number of hydrogen-bond donors (Lipinski definition) is 4. The Kier molecular flexibility index (Phi) is 5.35. The molecule has 3 aromatic rings. The van der Waals surface area contributed by atoms with E-state index in [1.807, 2.05) is 13.0 Å². The van der Waals surface area contributed by atoms with Gasteiger partial charge in [0.15, 0.2) is 5.43 Å². The topological polar surface area (TPSA) is 121 Å². The minimum atomic E-state index is -0.0705. The van der Waals surface area contributed by atoms with Crippen molar-refractivity contribution in [2.45, 2.75) is 6.92 Å². The van der Waals surface area contributed by atoms with E-state index >= 15 is 0 Å². The van der Waals surface area contributed by atoms with Crippen LogP contribution in [0, 0.1) is 6.92 Å². The van der Waals surface area contributed by atoms with Crippen LogP contribution in [-0.4, -0.2) is 36.4 Å². The number of H-pyrrole nitrogens is 1. The van der Waals surface area contributed by atoms with Gasteiger partial charge in [-0.3, -0.25) is 9.80 Å². The summed E-state index contributed by atoms with van der Waals surface area (Å²) in [6.07, 6.45) is 1.61. The standard InChI is InChI=1S/C22H25N5O3/c1-14-11-15(28)5-6-19(14)27(24)13-18(23)16-3-2-4-17-20(29)12-21(25-22(16)17)26-7-9-30-10-8-26/h2-6,11-13,28H,7-10,23-24H2,1H3,(H,25,29)/b18-13-. The van der Waals surface area contributed by atoms with Gasteiger partial charge in [0.2, 0.25) is 0 Å². The predicted octanol–water partition coefficient (Wildman–Crippen LogP) is 2.02. The molecule has 1 aromatic heterocycles. The van der Waals surface area contributed by atoms with Crippen molar-refractivity contribution < 1.29 is 9.84 Å². The summed E-state index contributed by atoms with van der Waals surface area (Å²) in [6, 6.07) is 12.0. The maximum absolute atomic E-state index is 12.7. The molecule has 0 atom stereocenters. The number of para-hydroxylation sites is 1. The van der Waals surface area contributed by atoms with Crippen molar-refractivity contribution in [1.29, 1.82) is 0 Å². The Morgan fingerprint density at radius 2 is 2.00 bits per heavy atom.